The lowest BCUT2D eigenvalue weighted by Gasteiger charge is -2.26. The fraction of sp³-hybridized carbons (Fsp3) is 0.471. The second-order valence-corrected chi connectivity index (χ2v) is 5.55. The predicted molar refractivity (Wildman–Crippen MR) is 91.3 cm³/mol. The summed E-state index contributed by atoms with van der Waals surface area (Å²) in [4.78, 5) is 37.8. The molecule has 2 rings (SSSR count). The van der Waals surface area contributed by atoms with Crippen LogP contribution in [0.3, 0.4) is 0 Å². The van der Waals surface area contributed by atoms with Crippen molar-refractivity contribution in [2.24, 2.45) is 0 Å². The lowest BCUT2D eigenvalue weighted by atomic mass is 10.2. The number of morpholine rings is 1. The molecule has 2 N–H and O–H groups in total. The Labute approximate surface area is 146 Å². The predicted octanol–water partition coefficient (Wildman–Crippen LogP) is 0.250. The topological polar surface area (TPSA) is 97.0 Å². The highest BCUT2D eigenvalue weighted by atomic mass is 16.5. The average molecular weight is 349 g/mol. The van der Waals surface area contributed by atoms with E-state index in [2.05, 4.69) is 20.3 Å². The van der Waals surface area contributed by atoms with Gasteiger partial charge in [-0.05, 0) is 25.1 Å². The van der Waals surface area contributed by atoms with Crippen LogP contribution in [0.5, 0.6) is 0 Å². The molecule has 0 radical (unpaired) electrons. The van der Waals surface area contributed by atoms with E-state index in [1.807, 2.05) is 0 Å². The zero-order valence-corrected chi connectivity index (χ0v) is 14.2. The quantitative estimate of drug-likeness (QED) is 0.434. The molecule has 1 aliphatic heterocycles. The molecule has 2 amide bonds. The van der Waals surface area contributed by atoms with Crippen LogP contribution in [0.15, 0.2) is 24.3 Å². The Balaban J connectivity index is 1.76. The molecule has 0 bridgehead atoms. The van der Waals surface area contributed by atoms with Crippen molar-refractivity contribution in [3.05, 3.63) is 29.8 Å². The van der Waals surface area contributed by atoms with Gasteiger partial charge in [0.25, 0.3) is 0 Å². The van der Waals surface area contributed by atoms with E-state index in [9.17, 15) is 14.4 Å². The number of amides is 2. The first-order valence-electron chi connectivity index (χ1n) is 8.18. The molecule has 0 unspecified atom stereocenters. The van der Waals surface area contributed by atoms with Crippen LogP contribution in [0.25, 0.3) is 0 Å². The highest BCUT2D eigenvalue weighted by molar-refractivity contribution is 6.40. The van der Waals surface area contributed by atoms with Crippen molar-refractivity contribution in [1.29, 1.82) is 0 Å². The number of methoxy groups -OCH3 is 1. The molecular weight excluding hydrogens is 326 g/mol. The van der Waals surface area contributed by atoms with Crippen LogP contribution < -0.4 is 10.6 Å². The molecule has 1 aromatic carbocycles. The van der Waals surface area contributed by atoms with Crippen LogP contribution in [0.2, 0.25) is 0 Å². The lowest BCUT2D eigenvalue weighted by Crippen LogP contribution is -2.40. The number of ether oxygens (including phenoxy) is 2. The minimum Gasteiger partial charge on any atom is -0.465 e. The van der Waals surface area contributed by atoms with Crippen LogP contribution in [0.1, 0.15) is 16.8 Å². The molecule has 0 spiro atoms. The maximum absolute atomic E-state index is 12.0. The Bertz CT molecular complexity index is 614. The number of rotatable bonds is 6. The van der Waals surface area contributed by atoms with Gasteiger partial charge in [-0.1, -0.05) is 12.1 Å². The number of carbonyl (C=O) groups is 3. The smallest absolute Gasteiger partial charge is 0.339 e. The summed E-state index contributed by atoms with van der Waals surface area (Å²) < 4.78 is 9.92. The summed E-state index contributed by atoms with van der Waals surface area (Å²) in [5, 5.41) is 5.02. The molecule has 0 atom stereocenters. The zero-order chi connectivity index (χ0) is 18.1. The number of nitrogens with zero attached hydrogens (tertiary/aromatic N) is 1. The van der Waals surface area contributed by atoms with Gasteiger partial charge < -0.3 is 20.1 Å². The third-order valence-electron chi connectivity index (χ3n) is 3.83. The first kappa shape index (κ1) is 18.9. The number of anilines is 1. The molecule has 0 aliphatic carbocycles. The summed E-state index contributed by atoms with van der Waals surface area (Å²) in [5.74, 6) is -2.13. The third-order valence-corrected chi connectivity index (χ3v) is 3.83. The SMILES string of the molecule is COC(=O)c1ccccc1NC(=O)C(=O)NCCCN1CCOCC1. The van der Waals surface area contributed by atoms with Gasteiger partial charge in [0.15, 0.2) is 0 Å². The largest absolute Gasteiger partial charge is 0.465 e. The third kappa shape index (κ3) is 5.84. The van der Waals surface area contributed by atoms with Gasteiger partial charge in [-0.3, -0.25) is 14.5 Å². The zero-order valence-electron chi connectivity index (χ0n) is 14.2. The highest BCUT2D eigenvalue weighted by Crippen LogP contribution is 2.15. The summed E-state index contributed by atoms with van der Waals surface area (Å²) in [6.07, 6.45) is 0.748. The number of benzene rings is 1. The Morgan fingerprint density at radius 2 is 1.88 bits per heavy atom. The van der Waals surface area contributed by atoms with Crippen molar-refractivity contribution < 1.29 is 23.9 Å². The summed E-state index contributed by atoms with van der Waals surface area (Å²) in [5.41, 5.74) is 0.432. The maximum atomic E-state index is 12.0. The number of nitrogens with one attached hydrogen (secondary N) is 2. The van der Waals surface area contributed by atoms with E-state index in [-0.39, 0.29) is 11.3 Å². The highest BCUT2D eigenvalue weighted by Gasteiger charge is 2.18. The molecule has 136 valence electrons. The molecule has 1 heterocycles. The van der Waals surface area contributed by atoms with Gasteiger partial charge in [0, 0.05) is 19.6 Å². The first-order valence-corrected chi connectivity index (χ1v) is 8.18. The Morgan fingerprint density at radius 1 is 1.16 bits per heavy atom. The van der Waals surface area contributed by atoms with Gasteiger partial charge in [0.1, 0.15) is 0 Å². The summed E-state index contributed by atoms with van der Waals surface area (Å²) in [6, 6.07) is 6.35. The van der Waals surface area contributed by atoms with Crippen molar-refractivity contribution >= 4 is 23.5 Å². The normalized spacial score (nSPS) is 14.6. The fourth-order valence-corrected chi connectivity index (χ4v) is 2.47. The monoisotopic (exact) mass is 349 g/mol. The minimum atomic E-state index is -0.817. The molecule has 25 heavy (non-hydrogen) atoms. The van der Waals surface area contributed by atoms with Gasteiger partial charge in [-0.2, -0.15) is 0 Å². The van der Waals surface area contributed by atoms with E-state index in [1.165, 1.54) is 19.2 Å². The van der Waals surface area contributed by atoms with E-state index in [0.29, 0.717) is 6.54 Å². The van der Waals surface area contributed by atoms with Crippen LogP contribution in [-0.2, 0) is 19.1 Å². The summed E-state index contributed by atoms with van der Waals surface area (Å²) in [7, 11) is 1.25. The van der Waals surface area contributed by atoms with E-state index in [0.717, 1.165) is 39.3 Å². The number of hydrogen-bond acceptors (Lipinski definition) is 6. The second kappa shape index (κ2) is 9.75. The number of esters is 1. The van der Waals surface area contributed by atoms with Gasteiger partial charge in [-0.15, -0.1) is 0 Å². The number of hydrogen-bond donors (Lipinski definition) is 2. The average Bonchev–Trinajstić information content (AvgIpc) is 2.65. The molecule has 1 saturated heterocycles. The fourth-order valence-electron chi connectivity index (χ4n) is 2.47. The molecule has 1 fully saturated rings. The van der Waals surface area contributed by atoms with Gasteiger partial charge in [0.05, 0.1) is 31.6 Å². The van der Waals surface area contributed by atoms with E-state index in [1.54, 1.807) is 12.1 Å². The van der Waals surface area contributed by atoms with E-state index in [4.69, 9.17) is 4.74 Å². The number of para-hydroxylation sites is 1. The molecular formula is C17H23N3O5. The van der Waals surface area contributed by atoms with Crippen LogP contribution >= 0.6 is 0 Å². The molecule has 1 aliphatic rings. The minimum absolute atomic E-state index is 0.193. The lowest BCUT2D eigenvalue weighted by molar-refractivity contribution is -0.136. The Kier molecular flexibility index (Phi) is 7.36. The first-order chi connectivity index (χ1) is 12.1. The van der Waals surface area contributed by atoms with Gasteiger partial charge in [-0.25, -0.2) is 4.79 Å². The van der Waals surface area contributed by atoms with Crippen molar-refractivity contribution in [3.63, 3.8) is 0 Å². The molecule has 1 aromatic rings. The van der Waals surface area contributed by atoms with Crippen LogP contribution in [0.4, 0.5) is 5.69 Å². The van der Waals surface area contributed by atoms with Crippen molar-refractivity contribution in [1.82, 2.24) is 10.2 Å². The maximum Gasteiger partial charge on any atom is 0.339 e. The molecule has 0 saturated carbocycles. The van der Waals surface area contributed by atoms with Crippen LogP contribution in [-0.4, -0.2) is 69.2 Å². The molecule has 8 nitrogen and oxygen atoms in total. The van der Waals surface area contributed by atoms with Crippen LogP contribution in [0, 0.1) is 0 Å². The number of carbonyl (C=O) groups excluding carboxylic acids is 3. The van der Waals surface area contributed by atoms with Gasteiger partial charge >= 0.3 is 17.8 Å². The van der Waals surface area contributed by atoms with Crippen molar-refractivity contribution in [2.75, 3.05) is 51.8 Å². The molecule has 8 heteroatoms. The second-order valence-electron chi connectivity index (χ2n) is 5.55. The summed E-state index contributed by atoms with van der Waals surface area (Å²) in [6.45, 7) is 4.49. The van der Waals surface area contributed by atoms with E-state index < -0.39 is 17.8 Å². The van der Waals surface area contributed by atoms with Crippen molar-refractivity contribution in [2.45, 2.75) is 6.42 Å². The standard InChI is InChI=1S/C17H23N3O5/c1-24-17(23)13-5-2-3-6-14(13)19-16(22)15(21)18-7-4-8-20-9-11-25-12-10-20/h2-3,5-6H,4,7-12H2,1H3,(H,18,21)(H,19,22). The Morgan fingerprint density at radius 3 is 2.60 bits per heavy atom. The van der Waals surface area contributed by atoms with Gasteiger partial charge in [0.2, 0.25) is 0 Å². The Hall–Kier alpha value is -2.45. The van der Waals surface area contributed by atoms with Crippen molar-refractivity contribution in [3.8, 4) is 0 Å². The van der Waals surface area contributed by atoms with E-state index >= 15 is 0 Å². The molecule has 0 aromatic heterocycles. The summed E-state index contributed by atoms with van der Waals surface area (Å²) >= 11 is 0.